The molecule has 0 saturated carbocycles. The molecule has 0 unspecified atom stereocenters. The average molecular weight is 452 g/mol. The zero-order valence-electron chi connectivity index (χ0n) is 14.2. The minimum Gasteiger partial charge on any atom is -0.494 e. The van der Waals surface area contributed by atoms with Crippen molar-refractivity contribution in [3.05, 3.63) is 52.8 Å². The smallest absolute Gasteiger partial charge is 0.277 e. The highest BCUT2D eigenvalue weighted by molar-refractivity contribution is 9.10. The maximum atomic E-state index is 13.7. The Morgan fingerprint density at radius 2 is 2.04 bits per heavy atom. The number of amides is 1. The van der Waals surface area contributed by atoms with Crippen molar-refractivity contribution in [1.82, 2.24) is 10.2 Å². The maximum Gasteiger partial charge on any atom is 0.277 e. The van der Waals surface area contributed by atoms with E-state index in [-0.39, 0.29) is 22.6 Å². The number of rotatable bonds is 7. The van der Waals surface area contributed by atoms with E-state index >= 15 is 0 Å². The fraction of sp³-hybridized carbons (Fsp3) is 0.167. The SMILES string of the molecule is CCOc1ccc(-c2nnc(SCC(=O)Nc3ccc(Br)cc3F)o2)cc1. The number of anilines is 1. The molecule has 3 rings (SSSR count). The molecule has 6 nitrogen and oxygen atoms in total. The molecule has 1 aromatic heterocycles. The van der Waals surface area contributed by atoms with Crippen LogP contribution in [0.25, 0.3) is 11.5 Å². The quantitative estimate of drug-likeness (QED) is 0.521. The molecule has 140 valence electrons. The second kappa shape index (κ2) is 9.01. The molecule has 1 amide bonds. The van der Waals surface area contributed by atoms with Gasteiger partial charge in [-0.2, -0.15) is 0 Å². The molecular weight excluding hydrogens is 437 g/mol. The molecule has 27 heavy (non-hydrogen) atoms. The summed E-state index contributed by atoms with van der Waals surface area (Å²) in [5.41, 5.74) is 0.864. The Balaban J connectivity index is 1.56. The second-order valence-electron chi connectivity index (χ2n) is 5.29. The van der Waals surface area contributed by atoms with Crippen molar-refractivity contribution in [2.45, 2.75) is 12.1 Å². The minimum absolute atomic E-state index is 0.0143. The highest BCUT2D eigenvalue weighted by Crippen LogP contribution is 2.25. The Kier molecular flexibility index (Phi) is 6.46. The Morgan fingerprint density at radius 3 is 2.74 bits per heavy atom. The van der Waals surface area contributed by atoms with Gasteiger partial charge in [-0.05, 0) is 49.4 Å². The van der Waals surface area contributed by atoms with E-state index in [1.807, 2.05) is 31.2 Å². The summed E-state index contributed by atoms with van der Waals surface area (Å²) in [6.45, 7) is 2.50. The number of halogens is 2. The number of hydrogen-bond donors (Lipinski definition) is 1. The normalized spacial score (nSPS) is 10.6. The van der Waals surface area contributed by atoms with E-state index in [0.717, 1.165) is 23.1 Å². The average Bonchev–Trinajstić information content (AvgIpc) is 3.12. The van der Waals surface area contributed by atoms with Crippen LogP contribution in [-0.2, 0) is 4.79 Å². The van der Waals surface area contributed by atoms with Gasteiger partial charge in [0.05, 0.1) is 18.0 Å². The lowest BCUT2D eigenvalue weighted by Crippen LogP contribution is -2.15. The number of nitrogens with zero attached hydrogens (tertiary/aromatic N) is 2. The standard InChI is InChI=1S/C18H15BrFN3O3S/c1-2-25-13-6-3-11(4-7-13)17-22-23-18(26-17)27-10-16(24)21-15-8-5-12(19)9-14(15)20/h3-9H,2,10H2,1H3,(H,21,24). The largest absolute Gasteiger partial charge is 0.494 e. The Bertz CT molecular complexity index is 934. The van der Waals surface area contributed by atoms with E-state index in [1.165, 1.54) is 12.1 Å². The Hall–Kier alpha value is -2.39. The van der Waals surface area contributed by atoms with Gasteiger partial charge < -0.3 is 14.5 Å². The van der Waals surface area contributed by atoms with Gasteiger partial charge in [-0.1, -0.05) is 27.7 Å². The fourth-order valence-electron chi connectivity index (χ4n) is 2.15. The number of thioether (sulfide) groups is 1. The van der Waals surface area contributed by atoms with Gasteiger partial charge in [-0.25, -0.2) is 4.39 Å². The van der Waals surface area contributed by atoms with Crippen molar-refractivity contribution in [3.8, 4) is 17.2 Å². The second-order valence-corrected chi connectivity index (χ2v) is 7.13. The third kappa shape index (κ3) is 5.30. The first-order valence-electron chi connectivity index (χ1n) is 7.99. The predicted molar refractivity (Wildman–Crippen MR) is 104 cm³/mol. The first-order chi connectivity index (χ1) is 13.0. The molecule has 1 N–H and O–H groups in total. The van der Waals surface area contributed by atoms with Gasteiger partial charge in [0.1, 0.15) is 11.6 Å². The molecule has 0 fully saturated rings. The summed E-state index contributed by atoms with van der Waals surface area (Å²) in [6, 6.07) is 11.7. The van der Waals surface area contributed by atoms with Crippen LogP contribution in [-0.4, -0.2) is 28.5 Å². The summed E-state index contributed by atoms with van der Waals surface area (Å²) in [4.78, 5) is 12.0. The molecule has 0 saturated heterocycles. The molecule has 0 aliphatic heterocycles. The van der Waals surface area contributed by atoms with Crippen LogP contribution in [0.4, 0.5) is 10.1 Å². The van der Waals surface area contributed by atoms with Crippen LogP contribution in [0.2, 0.25) is 0 Å². The molecule has 0 radical (unpaired) electrons. The van der Waals surface area contributed by atoms with Crippen LogP contribution in [0, 0.1) is 5.82 Å². The zero-order chi connectivity index (χ0) is 19.2. The Labute approximate surface area is 167 Å². The molecule has 1 heterocycles. The zero-order valence-corrected chi connectivity index (χ0v) is 16.6. The summed E-state index contributed by atoms with van der Waals surface area (Å²) >= 11 is 4.24. The van der Waals surface area contributed by atoms with E-state index in [2.05, 4.69) is 31.4 Å². The molecule has 0 atom stereocenters. The minimum atomic E-state index is -0.515. The number of benzene rings is 2. The van der Waals surface area contributed by atoms with Gasteiger partial charge in [-0.3, -0.25) is 4.79 Å². The van der Waals surface area contributed by atoms with Crippen LogP contribution in [0.15, 0.2) is 56.6 Å². The molecule has 0 bridgehead atoms. The molecule has 0 spiro atoms. The number of carbonyl (C=O) groups excluding carboxylic acids is 1. The first-order valence-corrected chi connectivity index (χ1v) is 9.77. The molecule has 0 aliphatic rings. The molecule has 2 aromatic carbocycles. The van der Waals surface area contributed by atoms with Crippen LogP contribution < -0.4 is 10.1 Å². The predicted octanol–water partition coefficient (Wildman–Crippen LogP) is 4.77. The lowest BCUT2D eigenvalue weighted by molar-refractivity contribution is -0.113. The third-order valence-corrected chi connectivity index (χ3v) is 4.66. The van der Waals surface area contributed by atoms with E-state index in [0.29, 0.717) is 17.0 Å². The van der Waals surface area contributed by atoms with E-state index < -0.39 is 5.82 Å². The monoisotopic (exact) mass is 451 g/mol. The first kappa shape index (κ1) is 19.4. The Morgan fingerprint density at radius 1 is 1.26 bits per heavy atom. The summed E-state index contributed by atoms with van der Waals surface area (Å²) in [5, 5.41) is 10.6. The van der Waals surface area contributed by atoms with Crippen molar-refractivity contribution in [1.29, 1.82) is 0 Å². The third-order valence-electron chi connectivity index (χ3n) is 3.35. The van der Waals surface area contributed by atoms with Crippen molar-refractivity contribution in [2.75, 3.05) is 17.7 Å². The van der Waals surface area contributed by atoms with Crippen molar-refractivity contribution in [3.63, 3.8) is 0 Å². The van der Waals surface area contributed by atoms with Gasteiger partial charge in [0.25, 0.3) is 5.22 Å². The summed E-state index contributed by atoms with van der Waals surface area (Å²) in [6.07, 6.45) is 0. The lowest BCUT2D eigenvalue weighted by Gasteiger charge is -2.05. The van der Waals surface area contributed by atoms with Gasteiger partial charge in [0.15, 0.2) is 0 Å². The van der Waals surface area contributed by atoms with E-state index in [1.54, 1.807) is 6.07 Å². The van der Waals surface area contributed by atoms with Gasteiger partial charge in [0, 0.05) is 10.0 Å². The number of hydrogen-bond acceptors (Lipinski definition) is 6. The van der Waals surface area contributed by atoms with Gasteiger partial charge in [-0.15, -0.1) is 10.2 Å². The number of carbonyl (C=O) groups is 1. The summed E-state index contributed by atoms with van der Waals surface area (Å²) < 4.78 is 25.3. The highest BCUT2D eigenvalue weighted by Gasteiger charge is 2.13. The maximum absolute atomic E-state index is 13.7. The van der Waals surface area contributed by atoms with E-state index in [4.69, 9.17) is 9.15 Å². The van der Waals surface area contributed by atoms with Crippen LogP contribution in [0.3, 0.4) is 0 Å². The van der Waals surface area contributed by atoms with Crippen LogP contribution >= 0.6 is 27.7 Å². The van der Waals surface area contributed by atoms with Crippen molar-refractivity contribution >= 4 is 39.3 Å². The fourth-order valence-corrected chi connectivity index (χ4v) is 3.05. The highest BCUT2D eigenvalue weighted by atomic mass is 79.9. The van der Waals surface area contributed by atoms with Crippen molar-refractivity contribution < 1.29 is 18.3 Å². The summed E-state index contributed by atoms with van der Waals surface area (Å²) in [7, 11) is 0. The van der Waals surface area contributed by atoms with Crippen LogP contribution in [0.5, 0.6) is 5.75 Å². The van der Waals surface area contributed by atoms with Gasteiger partial charge >= 0.3 is 0 Å². The molecule has 0 aliphatic carbocycles. The molecular formula is C18H15BrFN3O3S. The topological polar surface area (TPSA) is 77.2 Å². The molecule has 9 heteroatoms. The lowest BCUT2D eigenvalue weighted by atomic mass is 10.2. The number of nitrogens with one attached hydrogen (secondary N) is 1. The van der Waals surface area contributed by atoms with E-state index in [9.17, 15) is 9.18 Å². The number of aromatic nitrogens is 2. The summed E-state index contributed by atoms with van der Waals surface area (Å²) in [5.74, 6) is 0.230. The van der Waals surface area contributed by atoms with Crippen molar-refractivity contribution in [2.24, 2.45) is 0 Å². The van der Waals surface area contributed by atoms with Crippen LogP contribution in [0.1, 0.15) is 6.92 Å². The van der Waals surface area contributed by atoms with Gasteiger partial charge in [0.2, 0.25) is 11.8 Å². The number of ether oxygens (including phenoxy) is 1. The molecule has 3 aromatic rings.